The van der Waals surface area contributed by atoms with E-state index in [1.54, 1.807) is 0 Å². The van der Waals surface area contributed by atoms with E-state index in [4.69, 9.17) is 0 Å². The number of nitrogens with zero attached hydrogens (tertiary/aromatic N) is 2. The van der Waals surface area contributed by atoms with Gasteiger partial charge in [-0.1, -0.05) is 42.2 Å². The topological polar surface area (TPSA) is 66.9 Å². The highest BCUT2D eigenvalue weighted by Gasteiger charge is 2.33. The van der Waals surface area contributed by atoms with E-state index in [1.165, 1.54) is 30.0 Å². The minimum atomic E-state index is -4.46. The van der Waals surface area contributed by atoms with Crippen LogP contribution < -0.4 is 10.6 Å². The van der Waals surface area contributed by atoms with Gasteiger partial charge in [-0.15, -0.1) is 10.2 Å². The van der Waals surface area contributed by atoms with Crippen LogP contribution in [0.5, 0.6) is 0 Å². The maximum Gasteiger partial charge on any atom is 0.418 e. The Morgan fingerprint density at radius 2 is 2.04 bits per heavy atom. The molecule has 0 saturated carbocycles. The summed E-state index contributed by atoms with van der Waals surface area (Å²) in [7, 11) is 0. The lowest BCUT2D eigenvalue weighted by Crippen LogP contribution is -2.33. The summed E-state index contributed by atoms with van der Waals surface area (Å²) in [5, 5.41) is 13.4. The van der Waals surface area contributed by atoms with Crippen LogP contribution in [0.4, 0.5) is 24.0 Å². The summed E-state index contributed by atoms with van der Waals surface area (Å²) in [5.74, 6) is 0.0597. The van der Waals surface area contributed by atoms with Crippen LogP contribution in [-0.2, 0) is 11.0 Å². The van der Waals surface area contributed by atoms with Crippen molar-refractivity contribution in [3.63, 3.8) is 0 Å². The molecule has 136 valence electrons. The largest absolute Gasteiger partial charge is 0.418 e. The van der Waals surface area contributed by atoms with Crippen LogP contribution in [0.15, 0.2) is 28.6 Å². The van der Waals surface area contributed by atoms with Gasteiger partial charge in [-0.25, -0.2) is 0 Å². The molecule has 0 aliphatic heterocycles. The average molecular weight is 390 g/mol. The normalized spacial score (nSPS) is 12.7. The van der Waals surface area contributed by atoms with E-state index in [0.29, 0.717) is 4.34 Å². The van der Waals surface area contributed by atoms with Crippen molar-refractivity contribution in [2.75, 3.05) is 11.1 Å². The lowest BCUT2D eigenvalue weighted by atomic mass is 10.2. The zero-order chi connectivity index (χ0) is 18.4. The Balaban J connectivity index is 1.98. The van der Waals surface area contributed by atoms with E-state index < -0.39 is 11.7 Å². The molecule has 0 spiro atoms. The van der Waals surface area contributed by atoms with Crippen LogP contribution in [0.1, 0.15) is 25.8 Å². The Bertz CT molecular complexity index is 721. The molecule has 0 aliphatic rings. The third-order valence-corrected chi connectivity index (χ3v) is 5.20. The number of hydrogen-bond acceptors (Lipinski definition) is 6. The quantitative estimate of drug-likeness (QED) is 0.690. The molecule has 2 N–H and O–H groups in total. The van der Waals surface area contributed by atoms with Crippen molar-refractivity contribution >= 4 is 39.8 Å². The van der Waals surface area contributed by atoms with Crippen molar-refractivity contribution in [3.8, 4) is 0 Å². The number of carbonyl (C=O) groups is 1. The molecule has 10 heteroatoms. The summed E-state index contributed by atoms with van der Waals surface area (Å²) in [6.45, 7) is 3.88. The van der Waals surface area contributed by atoms with Gasteiger partial charge in [-0.05, 0) is 25.5 Å². The molecule has 0 fully saturated rings. The van der Waals surface area contributed by atoms with E-state index in [0.717, 1.165) is 23.8 Å². The number of benzene rings is 1. The highest BCUT2D eigenvalue weighted by Crippen LogP contribution is 2.36. The number of hydrogen-bond donors (Lipinski definition) is 2. The van der Waals surface area contributed by atoms with Crippen molar-refractivity contribution in [1.29, 1.82) is 0 Å². The number of thioether (sulfide) groups is 1. The standard InChI is InChI=1S/C15H17F3N4OS2/c1-3-9(2)19-12(23)8-24-14-22-21-13(25-14)20-11-7-5-4-6-10(11)15(16,17)18/h4-7,9H,3,8H2,1-2H3,(H,19,23)(H,20,21)/t9-/m1/s1. The monoisotopic (exact) mass is 390 g/mol. The van der Waals surface area contributed by atoms with Crippen LogP contribution in [0.2, 0.25) is 0 Å². The Kier molecular flexibility index (Phi) is 6.65. The lowest BCUT2D eigenvalue weighted by Gasteiger charge is -2.12. The first-order chi connectivity index (χ1) is 11.8. The van der Waals surface area contributed by atoms with Gasteiger partial charge in [0.05, 0.1) is 17.0 Å². The molecule has 1 atom stereocenters. The minimum Gasteiger partial charge on any atom is -0.353 e. The Hall–Kier alpha value is -1.81. The Labute approximate surface area is 151 Å². The van der Waals surface area contributed by atoms with Gasteiger partial charge >= 0.3 is 6.18 Å². The minimum absolute atomic E-state index is 0.0859. The van der Waals surface area contributed by atoms with Crippen molar-refractivity contribution in [1.82, 2.24) is 15.5 Å². The molecule has 5 nitrogen and oxygen atoms in total. The summed E-state index contributed by atoms with van der Waals surface area (Å²) in [6, 6.07) is 5.26. The number of anilines is 2. The van der Waals surface area contributed by atoms with E-state index in [9.17, 15) is 18.0 Å². The first kappa shape index (κ1) is 19.5. The van der Waals surface area contributed by atoms with Gasteiger partial charge in [0, 0.05) is 6.04 Å². The van der Waals surface area contributed by atoms with Crippen LogP contribution in [0, 0.1) is 0 Å². The summed E-state index contributed by atoms with van der Waals surface area (Å²) < 4.78 is 39.4. The van der Waals surface area contributed by atoms with E-state index in [2.05, 4.69) is 20.8 Å². The first-order valence-corrected chi connectivity index (χ1v) is 9.28. The second-order valence-corrected chi connectivity index (χ2v) is 7.41. The molecular weight excluding hydrogens is 373 g/mol. The Morgan fingerprint density at radius 3 is 2.72 bits per heavy atom. The van der Waals surface area contributed by atoms with E-state index >= 15 is 0 Å². The molecule has 2 rings (SSSR count). The molecule has 0 aliphatic carbocycles. The van der Waals surface area contributed by atoms with Gasteiger partial charge in [0.25, 0.3) is 0 Å². The second kappa shape index (κ2) is 8.52. The molecule has 25 heavy (non-hydrogen) atoms. The predicted molar refractivity (Wildman–Crippen MR) is 93.3 cm³/mol. The molecule has 1 aromatic heterocycles. The summed E-state index contributed by atoms with van der Waals surface area (Å²) in [4.78, 5) is 11.7. The highest BCUT2D eigenvalue weighted by molar-refractivity contribution is 8.01. The molecule has 0 bridgehead atoms. The van der Waals surface area contributed by atoms with Crippen LogP contribution in [0.3, 0.4) is 0 Å². The molecular formula is C15H17F3N4OS2. The predicted octanol–water partition coefficient (Wildman–Crippen LogP) is 4.31. The fraction of sp³-hybridized carbons (Fsp3) is 0.400. The van der Waals surface area contributed by atoms with Crippen molar-refractivity contribution in [2.24, 2.45) is 0 Å². The van der Waals surface area contributed by atoms with Gasteiger partial charge in [0.1, 0.15) is 0 Å². The number of rotatable bonds is 7. The number of amides is 1. The number of halogens is 3. The van der Waals surface area contributed by atoms with Gasteiger partial charge in [0.15, 0.2) is 4.34 Å². The van der Waals surface area contributed by atoms with Crippen LogP contribution in [0.25, 0.3) is 0 Å². The highest BCUT2D eigenvalue weighted by atomic mass is 32.2. The molecule has 1 amide bonds. The van der Waals surface area contributed by atoms with Crippen LogP contribution >= 0.6 is 23.1 Å². The summed E-state index contributed by atoms with van der Waals surface area (Å²) in [6.07, 6.45) is -3.62. The molecule has 0 unspecified atom stereocenters. The smallest absolute Gasteiger partial charge is 0.353 e. The third kappa shape index (κ3) is 5.89. The van der Waals surface area contributed by atoms with Crippen molar-refractivity contribution < 1.29 is 18.0 Å². The van der Waals surface area contributed by atoms with Crippen LogP contribution in [-0.4, -0.2) is 27.9 Å². The maximum atomic E-state index is 13.0. The van der Waals surface area contributed by atoms with Gasteiger partial charge in [-0.3, -0.25) is 4.79 Å². The third-order valence-electron chi connectivity index (χ3n) is 3.23. The van der Waals surface area contributed by atoms with Crippen molar-refractivity contribution in [3.05, 3.63) is 29.8 Å². The molecule has 0 saturated heterocycles. The molecule has 0 radical (unpaired) electrons. The second-order valence-electron chi connectivity index (χ2n) is 5.21. The fourth-order valence-corrected chi connectivity index (χ4v) is 3.39. The maximum absolute atomic E-state index is 13.0. The average Bonchev–Trinajstić information content (AvgIpc) is 3.00. The Morgan fingerprint density at radius 1 is 1.32 bits per heavy atom. The zero-order valence-corrected chi connectivity index (χ0v) is 15.2. The van der Waals surface area contributed by atoms with Crippen molar-refractivity contribution in [2.45, 2.75) is 36.8 Å². The van der Waals surface area contributed by atoms with Gasteiger partial charge < -0.3 is 10.6 Å². The fourth-order valence-electron chi connectivity index (χ4n) is 1.82. The summed E-state index contributed by atoms with van der Waals surface area (Å²) in [5.41, 5.74) is -0.857. The number of aromatic nitrogens is 2. The van der Waals surface area contributed by atoms with E-state index in [-0.39, 0.29) is 28.5 Å². The molecule has 1 aromatic carbocycles. The summed E-state index contributed by atoms with van der Waals surface area (Å²) >= 11 is 2.29. The molecule has 2 aromatic rings. The zero-order valence-electron chi connectivity index (χ0n) is 13.6. The first-order valence-electron chi connectivity index (χ1n) is 7.48. The number of carbonyl (C=O) groups excluding carboxylic acids is 1. The van der Waals surface area contributed by atoms with Gasteiger partial charge in [0.2, 0.25) is 11.0 Å². The van der Waals surface area contributed by atoms with Gasteiger partial charge in [-0.2, -0.15) is 13.2 Å². The number of alkyl halides is 3. The number of nitrogens with one attached hydrogen (secondary N) is 2. The molecule has 1 heterocycles. The SMILES string of the molecule is CC[C@@H](C)NC(=O)CSc1nnc(Nc2ccccc2C(F)(F)F)s1. The number of para-hydroxylation sites is 1. The lowest BCUT2D eigenvalue weighted by molar-refractivity contribution is -0.137. The van der Waals surface area contributed by atoms with E-state index in [1.807, 2.05) is 13.8 Å².